The zero-order valence-corrected chi connectivity index (χ0v) is 7.32. The van der Waals surface area contributed by atoms with Crippen molar-refractivity contribution in [1.29, 1.82) is 0 Å². The largest absolute Gasteiger partial charge is 0.470 e. The van der Waals surface area contributed by atoms with Crippen molar-refractivity contribution in [1.82, 2.24) is 5.01 Å². The van der Waals surface area contributed by atoms with E-state index in [1.54, 1.807) is 0 Å². The van der Waals surface area contributed by atoms with Gasteiger partial charge in [0.1, 0.15) is 5.75 Å². The topological polar surface area (TPSA) is 15.7 Å². The summed E-state index contributed by atoms with van der Waals surface area (Å²) in [5.74, 6) is 0.964. The normalized spacial score (nSPS) is 14.8. The van der Waals surface area contributed by atoms with Crippen LogP contribution in [0, 0.1) is 0 Å². The van der Waals surface area contributed by atoms with Crippen LogP contribution in [0.3, 0.4) is 0 Å². The lowest BCUT2D eigenvalue weighted by molar-refractivity contribution is 0.268. The van der Waals surface area contributed by atoms with Crippen molar-refractivity contribution in [2.45, 2.75) is 0 Å². The van der Waals surface area contributed by atoms with Gasteiger partial charge in [0.25, 0.3) is 0 Å². The summed E-state index contributed by atoms with van der Waals surface area (Å²) in [6.45, 7) is 0.617. The highest BCUT2D eigenvalue weighted by atomic mass is 16.5. The lowest BCUT2D eigenvalue weighted by Crippen LogP contribution is -2.36. The van der Waals surface area contributed by atoms with Gasteiger partial charge >= 0.3 is 0 Å². The highest BCUT2D eigenvalue weighted by molar-refractivity contribution is 5.60. The van der Waals surface area contributed by atoms with E-state index in [0.717, 1.165) is 11.4 Å². The van der Waals surface area contributed by atoms with Crippen LogP contribution in [0.1, 0.15) is 0 Å². The molecule has 3 nitrogen and oxygen atoms in total. The maximum absolute atomic E-state index is 5.46. The summed E-state index contributed by atoms with van der Waals surface area (Å²) in [6, 6.07) is 8.04. The van der Waals surface area contributed by atoms with Gasteiger partial charge in [0.2, 0.25) is 0 Å². The molecule has 0 saturated heterocycles. The second-order valence-electron chi connectivity index (χ2n) is 2.99. The quantitative estimate of drug-likeness (QED) is 0.622. The molecule has 0 N–H and O–H groups in total. The highest BCUT2D eigenvalue weighted by Crippen LogP contribution is 2.33. The standard InChI is InChI=1S/C9H12N2O/c1-10(2)11-7-12-9-6-4-3-5-8(9)11/h3-6H,7H2,1-2H3. The third kappa shape index (κ3) is 1.02. The zero-order chi connectivity index (χ0) is 8.55. The molecule has 1 aromatic rings. The van der Waals surface area contributed by atoms with Crippen LogP contribution < -0.4 is 9.75 Å². The molecule has 0 amide bonds. The number of nitrogens with zero attached hydrogens (tertiary/aromatic N) is 2. The summed E-state index contributed by atoms with van der Waals surface area (Å²) < 4.78 is 5.46. The van der Waals surface area contributed by atoms with Crippen LogP contribution in [0.15, 0.2) is 24.3 Å². The maximum atomic E-state index is 5.46. The fourth-order valence-electron chi connectivity index (χ4n) is 1.32. The zero-order valence-electron chi connectivity index (χ0n) is 7.32. The summed E-state index contributed by atoms with van der Waals surface area (Å²) in [5, 5.41) is 4.10. The van der Waals surface area contributed by atoms with Crippen LogP contribution in [0.25, 0.3) is 0 Å². The van der Waals surface area contributed by atoms with E-state index in [2.05, 4.69) is 11.1 Å². The molecular formula is C9H12N2O. The minimum Gasteiger partial charge on any atom is -0.470 e. The van der Waals surface area contributed by atoms with Crippen LogP contribution in [-0.2, 0) is 0 Å². The average molecular weight is 164 g/mol. The average Bonchev–Trinajstić information content (AvgIpc) is 2.47. The molecule has 0 aromatic heterocycles. The predicted molar refractivity (Wildman–Crippen MR) is 48.1 cm³/mol. The molecule has 1 aliphatic heterocycles. The van der Waals surface area contributed by atoms with E-state index >= 15 is 0 Å². The van der Waals surface area contributed by atoms with Crippen molar-refractivity contribution in [3.8, 4) is 5.75 Å². The molecule has 3 heteroatoms. The van der Waals surface area contributed by atoms with Crippen LogP contribution in [0.2, 0.25) is 0 Å². The Hall–Kier alpha value is -1.22. The van der Waals surface area contributed by atoms with E-state index in [-0.39, 0.29) is 0 Å². The molecule has 0 unspecified atom stereocenters. The van der Waals surface area contributed by atoms with Crippen LogP contribution in [-0.4, -0.2) is 25.8 Å². The molecule has 1 aliphatic rings. The number of para-hydroxylation sites is 2. The van der Waals surface area contributed by atoms with E-state index in [1.165, 1.54) is 0 Å². The number of fused-ring (bicyclic) bond motifs is 1. The first-order valence-electron chi connectivity index (χ1n) is 3.95. The van der Waals surface area contributed by atoms with Gasteiger partial charge in [-0.05, 0) is 12.1 Å². The Balaban J connectivity index is 2.36. The molecule has 0 fully saturated rings. The van der Waals surface area contributed by atoms with Gasteiger partial charge in [-0.2, -0.15) is 0 Å². The maximum Gasteiger partial charge on any atom is 0.175 e. The lowest BCUT2D eigenvalue weighted by atomic mass is 10.3. The van der Waals surface area contributed by atoms with Gasteiger partial charge in [-0.1, -0.05) is 12.1 Å². The van der Waals surface area contributed by atoms with Gasteiger partial charge in [-0.25, -0.2) is 5.01 Å². The first-order valence-corrected chi connectivity index (χ1v) is 3.95. The SMILES string of the molecule is CN(C)N1COc2ccccc21. The number of hydrazine groups is 1. The molecule has 0 bridgehead atoms. The second kappa shape index (κ2) is 2.68. The lowest BCUT2D eigenvalue weighted by Gasteiger charge is -2.23. The molecule has 1 heterocycles. The van der Waals surface area contributed by atoms with Gasteiger partial charge in [-0.15, -0.1) is 0 Å². The molecule has 0 atom stereocenters. The molecule has 64 valence electrons. The summed E-state index contributed by atoms with van der Waals surface area (Å²) >= 11 is 0. The summed E-state index contributed by atoms with van der Waals surface area (Å²) in [4.78, 5) is 0. The van der Waals surface area contributed by atoms with Gasteiger partial charge in [0, 0.05) is 14.1 Å². The third-order valence-corrected chi connectivity index (χ3v) is 1.97. The van der Waals surface area contributed by atoms with Crippen molar-refractivity contribution < 1.29 is 4.74 Å². The van der Waals surface area contributed by atoms with Crippen LogP contribution in [0.5, 0.6) is 5.75 Å². The number of hydrogen-bond donors (Lipinski definition) is 0. The Labute approximate surface area is 72.1 Å². The highest BCUT2D eigenvalue weighted by Gasteiger charge is 2.20. The molecule has 0 spiro atoms. The molecule has 12 heavy (non-hydrogen) atoms. The van der Waals surface area contributed by atoms with E-state index in [1.807, 2.05) is 37.3 Å². The number of anilines is 1. The van der Waals surface area contributed by atoms with Gasteiger partial charge in [-0.3, -0.25) is 5.01 Å². The van der Waals surface area contributed by atoms with E-state index in [4.69, 9.17) is 4.74 Å². The van der Waals surface area contributed by atoms with Crippen molar-refractivity contribution >= 4 is 5.69 Å². The van der Waals surface area contributed by atoms with Crippen LogP contribution >= 0.6 is 0 Å². The van der Waals surface area contributed by atoms with Crippen molar-refractivity contribution in [3.05, 3.63) is 24.3 Å². The second-order valence-corrected chi connectivity index (χ2v) is 2.99. The molecular weight excluding hydrogens is 152 g/mol. The van der Waals surface area contributed by atoms with Gasteiger partial charge < -0.3 is 4.74 Å². The van der Waals surface area contributed by atoms with E-state index < -0.39 is 0 Å². The molecule has 0 radical (unpaired) electrons. The number of rotatable bonds is 1. The van der Waals surface area contributed by atoms with E-state index in [0.29, 0.717) is 6.73 Å². The molecule has 0 saturated carbocycles. The summed E-state index contributed by atoms with van der Waals surface area (Å²) in [6.07, 6.45) is 0. The van der Waals surface area contributed by atoms with Crippen molar-refractivity contribution in [2.24, 2.45) is 0 Å². The fourth-order valence-corrected chi connectivity index (χ4v) is 1.32. The monoisotopic (exact) mass is 164 g/mol. The molecule has 2 rings (SSSR count). The third-order valence-electron chi connectivity index (χ3n) is 1.97. The Morgan fingerprint density at radius 3 is 2.83 bits per heavy atom. The molecule has 0 aliphatic carbocycles. The van der Waals surface area contributed by atoms with Gasteiger partial charge in [0.05, 0.1) is 5.69 Å². The number of ether oxygens (including phenoxy) is 1. The fraction of sp³-hybridized carbons (Fsp3) is 0.333. The Kier molecular flexibility index (Phi) is 1.66. The first kappa shape index (κ1) is 7.43. The van der Waals surface area contributed by atoms with Crippen LogP contribution in [0.4, 0.5) is 5.69 Å². The Morgan fingerprint density at radius 1 is 1.33 bits per heavy atom. The number of benzene rings is 1. The molecule has 1 aromatic carbocycles. The van der Waals surface area contributed by atoms with Crippen molar-refractivity contribution in [2.75, 3.05) is 25.8 Å². The minimum absolute atomic E-state index is 0.617. The number of hydrogen-bond acceptors (Lipinski definition) is 3. The summed E-state index contributed by atoms with van der Waals surface area (Å²) in [5.41, 5.74) is 1.14. The van der Waals surface area contributed by atoms with E-state index in [9.17, 15) is 0 Å². The first-order chi connectivity index (χ1) is 5.79. The Morgan fingerprint density at radius 2 is 2.08 bits per heavy atom. The van der Waals surface area contributed by atoms with Crippen molar-refractivity contribution in [3.63, 3.8) is 0 Å². The Bertz CT molecular complexity index is 286. The summed E-state index contributed by atoms with van der Waals surface area (Å²) in [7, 11) is 4.01. The van der Waals surface area contributed by atoms with Gasteiger partial charge in [0.15, 0.2) is 6.73 Å². The predicted octanol–water partition coefficient (Wildman–Crippen LogP) is 1.32. The smallest absolute Gasteiger partial charge is 0.175 e. The minimum atomic E-state index is 0.617.